The quantitative estimate of drug-likeness (QED) is 0.689. The number of sulfonamides is 1. The molecule has 0 radical (unpaired) electrons. The normalized spacial score (nSPS) is 21.8. The SMILES string of the molecule is C[C@H]1COc2ccc(CN(C3CC3)S(C)(=O)=O)cc2CN1S(=O)(=O)N(C)C. The molecule has 0 N–H and O–H groups in total. The van der Waals surface area contributed by atoms with Crippen molar-refractivity contribution in [3.8, 4) is 5.75 Å². The van der Waals surface area contributed by atoms with Crippen molar-refractivity contribution in [3.63, 3.8) is 0 Å². The lowest BCUT2D eigenvalue weighted by molar-refractivity contribution is 0.226. The van der Waals surface area contributed by atoms with E-state index in [-0.39, 0.29) is 31.8 Å². The monoisotopic (exact) mass is 417 g/mol. The molecular weight excluding hydrogens is 390 g/mol. The molecule has 8 nitrogen and oxygen atoms in total. The Hall–Kier alpha value is -1.20. The fraction of sp³-hybridized carbons (Fsp3) is 0.647. The average molecular weight is 418 g/mol. The molecule has 0 aromatic heterocycles. The molecule has 0 saturated heterocycles. The summed E-state index contributed by atoms with van der Waals surface area (Å²) in [7, 11) is -3.88. The van der Waals surface area contributed by atoms with E-state index in [0.717, 1.165) is 24.0 Å². The summed E-state index contributed by atoms with van der Waals surface area (Å²) in [4.78, 5) is 0. The Morgan fingerprint density at radius 1 is 1.19 bits per heavy atom. The van der Waals surface area contributed by atoms with Gasteiger partial charge in [-0.1, -0.05) is 6.07 Å². The Morgan fingerprint density at radius 2 is 1.85 bits per heavy atom. The van der Waals surface area contributed by atoms with Gasteiger partial charge in [0.2, 0.25) is 10.0 Å². The van der Waals surface area contributed by atoms with Crippen LogP contribution in [0.2, 0.25) is 0 Å². The Balaban J connectivity index is 1.90. The van der Waals surface area contributed by atoms with Crippen LogP contribution >= 0.6 is 0 Å². The van der Waals surface area contributed by atoms with E-state index in [1.807, 2.05) is 19.1 Å². The molecule has 1 fully saturated rings. The highest BCUT2D eigenvalue weighted by Gasteiger charge is 2.36. The highest BCUT2D eigenvalue weighted by atomic mass is 32.2. The van der Waals surface area contributed by atoms with Crippen LogP contribution in [0, 0.1) is 0 Å². The first kappa shape index (κ1) is 20.5. The summed E-state index contributed by atoms with van der Waals surface area (Å²) in [5.41, 5.74) is 1.57. The van der Waals surface area contributed by atoms with Crippen molar-refractivity contribution in [2.24, 2.45) is 0 Å². The summed E-state index contributed by atoms with van der Waals surface area (Å²) in [6.45, 7) is 2.54. The van der Waals surface area contributed by atoms with E-state index in [2.05, 4.69) is 0 Å². The second-order valence-electron chi connectivity index (χ2n) is 7.48. The molecule has 0 bridgehead atoms. The molecule has 0 spiro atoms. The van der Waals surface area contributed by atoms with Gasteiger partial charge in [0, 0.05) is 38.8 Å². The molecule has 152 valence electrons. The number of nitrogens with zero attached hydrogens (tertiary/aromatic N) is 3. The van der Waals surface area contributed by atoms with E-state index < -0.39 is 20.2 Å². The van der Waals surface area contributed by atoms with Crippen LogP contribution in [0.1, 0.15) is 30.9 Å². The minimum absolute atomic E-state index is 0.0701. The third kappa shape index (κ3) is 4.45. The number of fused-ring (bicyclic) bond motifs is 1. The topological polar surface area (TPSA) is 87.2 Å². The minimum atomic E-state index is -3.60. The van der Waals surface area contributed by atoms with E-state index in [1.165, 1.54) is 33.3 Å². The lowest BCUT2D eigenvalue weighted by Gasteiger charge is -2.28. The van der Waals surface area contributed by atoms with Crippen molar-refractivity contribution in [3.05, 3.63) is 29.3 Å². The first-order valence-corrected chi connectivity index (χ1v) is 12.2. The van der Waals surface area contributed by atoms with E-state index in [4.69, 9.17) is 4.74 Å². The van der Waals surface area contributed by atoms with Crippen molar-refractivity contribution < 1.29 is 21.6 Å². The molecule has 2 aliphatic rings. The number of hydrogen-bond donors (Lipinski definition) is 0. The van der Waals surface area contributed by atoms with Gasteiger partial charge in [0.05, 0.1) is 12.3 Å². The van der Waals surface area contributed by atoms with Crippen LogP contribution in [0.25, 0.3) is 0 Å². The Morgan fingerprint density at radius 3 is 2.41 bits per heavy atom. The summed E-state index contributed by atoms with van der Waals surface area (Å²) in [5.74, 6) is 0.638. The number of ether oxygens (including phenoxy) is 1. The zero-order chi connectivity index (χ0) is 20.0. The van der Waals surface area contributed by atoms with E-state index in [1.54, 1.807) is 6.07 Å². The fourth-order valence-corrected chi connectivity index (χ4v) is 5.56. The zero-order valence-electron chi connectivity index (χ0n) is 16.1. The van der Waals surface area contributed by atoms with Gasteiger partial charge in [-0.25, -0.2) is 8.42 Å². The summed E-state index contributed by atoms with van der Waals surface area (Å²) in [6, 6.07) is 5.26. The molecule has 1 aromatic carbocycles. The summed E-state index contributed by atoms with van der Waals surface area (Å²) >= 11 is 0. The van der Waals surface area contributed by atoms with Crippen LogP contribution in [-0.2, 0) is 33.3 Å². The molecule has 10 heteroatoms. The van der Waals surface area contributed by atoms with Gasteiger partial charge in [0.1, 0.15) is 12.4 Å². The van der Waals surface area contributed by atoms with Crippen LogP contribution in [0.5, 0.6) is 5.75 Å². The molecule has 1 aliphatic heterocycles. The lowest BCUT2D eigenvalue weighted by Crippen LogP contribution is -2.45. The molecule has 3 rings (SSSR count). The van der Waals surface area contributed by atoms with Crippen molar-refractivity contribution in [1.82, 2.24) is 12.9 Å². The van der Waals surface area contributed by atoms with Crippen LogP contribution in [-0.4, -0.2) is 68.8 Å². The third-order valence-electron chi connectivity index (χ3n) is 4.90. The standard InChI is InChI=1S/C17H27N3O5S2/c1-13-12-25-17-8-5-14(10-20(16-6-7-16)26(4,21)22)9-15(17)11-19(13)27(23,24)18(2)3/h5,8-9,13,16H,6-7,10-12H2,1-4H3/t13-/m0/s1. The van der Waals surface area contributed by atoms with Crippen LogP contribution < -0.4 is 4.74 Å². The molecular formula is C17H27N3O5S2. The molecule has 27 heavy (non-hydrogen) atoms. The summed E-state index contributed by atoms with van der Waals surface area (Å²) in [5, 5.41) is 0. The largest absolute Gasteiger partial charge is 0.492 e. The predicted molar refractivity (Wildman–Crippen MR) is 103 cm³/mol. The second kappa shape index (κ2) is 7.32. The van der Waals surface area contributed by atoms with Gasteiger partial charge in [-0.05, 0) is 37.5 Å². The summed E-state index contributed by atoms with van der Waals surface area (Å²) in [6.07, 6.45) is 2.99. The maximum atomic E-state index is 12.7. The highest BCUT2D eigenvalue weighted by molar-refractivity contribution is 7.88. The van der Waals surface area contributed by atoms with Crippen molar-refractivity contribution in [2.45, 2.75) is 44.9 Å². The Bertz CT molecular complexity index is 910. The number of benzene rings is 1. The van der Waals surface area contributed by atoms with Crippen molar-refractivity contribution >= 4 is 20.2 Å². The van der Waals surface area contributed by atoms with Gasteiger partial charge in [0.15, 0.2) is 0 Å². The molecule has 1 aromatic rings. The molecule has 0 amide bonds. The number of hydrogen-bond acceptors (Lipinski definition) is 5. The second-order valence-corrected chi connectivity index (χ2v) is 11.5. The van der Waals surface area contributed by atoms with Gasteiger partial charge in [-0.15, -0.1) is 0 Å². The predicted octanol–water partition coefficient (Wildman–Crippen LogP) is 1.000. The fourth-order valence-electron chi connectivity index (χ4n) is 3.19. The molecule has 1 atom stereocenters. The van der Waals surface area contributed by atoms with Crippen molar-refractivity contribution in [1.29, 1.82) is 0 Å². The van der Waals surface area contributed by atoms with Gasteiger partial charge in [-0.2, -0.15) is 21.3 Å². The first-order valence-electron chi connectivity index (χ1n) is 8.91. The lowest BCUT2D eigenvalue weighted by atomic mass is 10.1. The van der Waals surface area contributed by atoms with E-state index in [9.17, 15) is 16.8 Å². The van der Waals surface area contributed by atoms with Gasteiger partial charge >= 0.3 is 0 Å². The van der Waals surface area contributed by atoms with Crippen LogP contribution in [0.15, 0.2) is 18.2 Å². The smallest absolute Gasteiger partial charge is 0.282 e. The zero-order valence-corrected chi connectivity index (χ0v) is 17.8. The number of rotatable bonds is 6. The van der Waals surface area contributed by atoms with E-state index in [0.29, 0.717) is 5.75 Å². The van der Waals surface area contributed by atoms with Crippen LogP contribution in [0.4, 0.5) is 0 Å². The maximum Gasteiger partial charge on any atom is 0.282 e. The molecule has 0 unspecified atom stereocenters. The Labute approximate surface area is 161 Å². The third-order valence-corrected chi connectivity index (χ3v) is 8.18. The maximum absolute atomic E-state index is 12.7. The summed E-state index contributed by atoms with van der Waals surface area (Å²) < 4.78 is 59.4. The van der Waals surface area contributed by atoms with Crippen molar-refractivity contribution in [2.75, 3.05) is 27.0 Å². The molecule has 1 aliphatic carbocycles. The van der Waals surface area contributed by atoms with Gasteiger partial charge < -0.3 is 4.74 Å². The Kier molecular flexibility index (Phi) is 5.57. The van der Waals surface area contributed by atoms with E-state index >= 15 is 0 Å². The minimum Gasteiger partial charge on any atom is -0.492 e. The highest BCUT2D eigenvalue weighted by Crippen LogP contribution is 2.32. The first-order chi connectivity index (χ1) is 12.5. The van der Waals surface area contributed by atoms with Gasteiger partial charge in [0.25, 0.3) is 10.2 Å². The average Bonchev–Trinajstić information content (AvgIpc) is 3.39. The molecule has 1 saturated carbocycles. The van der Waals surface area contributed by atoms with Gasteiger partial charge in [-0.3, -0.25) is 0 Å². The molecule has 1 heterocycles. The van der Waals surface area contributed by atoms with Crippen LogP contribution in [0.3, 0.4) is 0 Å².